The lowest BCUT2D eigenvalue weighted by molar-refractivity contribution is -0.122. The number of thioether (sulfide) groups is 1. The lowest BCUT2D eigenvalue weighted by Gasteiger charge is -2.12. The number of terminal acetylenes is 1. The molecule has 7 heteroatoms. The molecule has 0 atom stereocenters. The molecule has 2 heterocycles. The minimum absolute atomic E-state index is 0.0204. The van der Waals surface area contributed by atoms with E-state index in [0.717, 1.165) is 50.6 Å². The number of hydrogen-bond donors (Lipinski definition) is 0. The molecule has 1 aliphatic rings. The van der Waals surface area contributed by atoms with Gasteiger partial charge in [-0.3, -0.25) is 14.5 Å². The van der Waals surface area contributed by atoms with Crippen LogP contribution in [0.3, 0.4) is 0 Å². The Morgan fingerprint density at radius 2 is 1.79 bits per heavy atom. The fraction of sp³-hybridized carbons (Fsp3) is 0.154. The van der Waals surface area contributed by atoms with Crippen molar-refractivity contribution in [2.45, 2.75) is 20.5 Å². The second kappa shape index (κ2) is 9.62. The average Bonchev–Trinajstić information content (AvgIpc) is 3.23. The normalized spacial score (nSPS) is 14.7. The molecule has 0 aliphatic carbocycles. The van der Waals surface area contributed by atoms with Gasteiger partial charge in [0, 0.05) is 22.1 Å². The monoisotopic (exact) mass is 476 g/mol. The number of benzene rings is 2. The molecule has 1 saturated heterocycles. The van der Waals surface area contributed by atoms with Gasteiger partial charge in [-0.1, -0.05) is 29.7 Å². The van der Waals surface area contributed by atoms with Gasteiger partial charge in [-0.05, 0) is 85.3 Å². The minimum atomic E-state index is -0.352. The third-order valence-electron chi connectivity index (χ3n) is 5.29. The van der Waals surface area contributed by atoms with Crippen molar-refractivity contribution < 1.29 is 14.3 Å². The number of hydrogen-bond acceptors (Lipinski definition) is 4. The van der Waals surface area contributed by atoms with E-state index in [4.69, 9.17) is 22.8 Å². The van der Waals surface area contributed by atoms with Crippen molar-refractivity contribution in [1.82, 2.24) is 9.47 Å². The van der Waals surface area contributed by atoms with Crippen LogP contribution < -0.4 is 4.74 Å². The molecule has 2 amide bonds. The number of aromatic nitrogens is 1. The molecule has 1 aromatic heterocycles. The van der Waals surface area contributed by atoms with Gasteiger partial charge < -0.3 is 9.30 Å². The highest BCUT2D eigenvalue weighted by molar-refractivity contribution is 8.18. The largest absolute Gasteiger partial charge is 0.489 e. The maximum Gasteiger partial charge on any atom is 0.294 e. The predicted molar refractivity (Wildman–Crippen MR) is 133 cm³/mol. The number of aryl methyl sites for hydroxylation is 1. The summed E-state index contributed by atoms with van der Waals surface area (Å²) in [6, 6.07) is 17.4. The third kappa shape index (κ3) is 4.85. The van der Waals surface area contributed by atoms with Crippen LogP contribution in [-0.2, 0) is 11.4 Å². The first kappa shape index (κ1) is 22.8. The molecule has 0 N–H and O–H groups in total. The summed E-state index contributed by atoms with van der Waals surface area (Å²) in [7, 11) is 0. The Morgan fingerprint density at radius 3 is 2.45 bits per heavy atom. The Bertz CT molecular complexity index is 1280. The summed E-state index contributed by atoms with van der Waals surface area (Å²) < 4.78 is 7.97. The smallest absolute Gasteiger partial charge is 0.294 e. The van der Waals surface area contributed by atoms with Crippen LogP contribution >= 0.6 is 23.4 Å². The molecule has 1 aliphatic heterocycles. The molecular weight excluding hydrogens is 456 g/mol. The molecule has 3 aromatic rings. The highest BCUT2D eigenvalue weighted by atomic mass is 35.5. The van der Waals surface area contributed by atoms with Gasteiger partial charge in [0.2, 0.25) is 0 Å². The SMILES string of the molecule is C#CCN1C(=O)S/C(=C/c2cc(C)n(-c3ccc(OCc4ccc(Cl)cc4)cc3)c2C)C1=O. The molecule has 33 heavy (non-hydrogen) atoms. The number of nitrogens with zero attached hydrogens (tertiary/aromatic N) is 2. The Kier molecular flexibility index (Phi) is 6.64. The Morgan fingerprint density at radius 1 is 1.09 bits per heavy atom. The van der Waals surface area contributed by atoms with Gasteiger partial charge in [0.15, 0.2) is 0 Å². The van der Waals surface area contributed by atoms with Crippen LogP contribution in [0, 0.1) is 26.2 Å². The molecule has 1 fully saturated rings. The molecule has 5 nitrogen and oxygen atoms in total. The lowest BCUT2D eigenvalue weighted by Crippen LogP contribution is -2.28. The highest BCUT2D eigenvalue weighted by Crippen LogP contribution is 2.33. The third-order valence-corrected chi connectivity index (χ3v) is 6.45. The zero-order chi connectivity index (χ0) is 23.5. The quantitative estimate of drug-likeness (QED) is 0.323. The number of rotatable bonds is 6. The summed E-state index contributed by atoms with van der Waals surface area (Å²) in [5, 5.41) is 0.357. The van der Waals surface area contributed by atoms with Crippen LogP contribution in [0.1, 0.15) is 22.5 Å². The zero-order valence-corrected chi connectivity index (χ0v) is 19.7. The van der Waals surface area contributed by atoms with Gasteiger partial charge >= 0.3 is 0 Å². The van der Waals surface area contributed by atoms with E-state index in [9.17, 15) is 9.59 Å². The van der Waals surface area contributed by atoms with Crippen molar-refractivity contribution in [3.8, 4) is 23.8 Å². The van der Waals surface area contributed by atoms with Crippen LogP contribution in [0.5, 0.6) is 5.75 Å². The van der Waals surface area contributed by atoms with E-state index in [0.29, 0.717) is 16.5 Å². The standard InChI is InChI=1S/C26H21ClN2O3S/c1-4-13-28-25(30)24(33-26(28)31)15-20-14-17(2)29(18(20)3)22-9-11-23(12-10-22)32-16-19-5-7-21(27)8-6-19/h1,5-12,14-15H,13,16H2,2-3H3/b24-15+. The fourth-order valence-electron chi connectivity index (χ4n) is 3.64. The highest BCUT2D eigenvalue weighted by Gasteiger charge is 2.34. The number of carbonyl (C=O) groups excluding carboxylic acids is 2. The van der Waals surface area contributed by atoms with E-state index in [1.54, 1.807) is 6.08 Å². The van der Waals surface area contributed by atoms with E-state index in [-0.39, 0.29) is 17.7 Å². The maximum absolute atomic E-state index is 12.5. The summed E-state index contributed by atoms with van der Waals surface area (Å²) in [4.78, 5) is 26.0. The van der Waals surface area contributed by atoms with Gasteiger partial charge in [0.1, 0.15) is 12.4 Å². The van der Waals surface area contributed by atoms with Crippen LogP contribution in [0.2, 0.25) is 5.02 Å². The van der Waals surface area contributed by atoms with Crippen molar-refractivity contribution in [2.75, 3.05) is 6.54 Å². The first-order chi connectivity index (χ1) is 15.9. The summed E-state index contributed by atoms with van der Waals surface area (Å²) >= 11 is 6.84. The second-order valence-electron chi connectivity index (χ2n) is 7.54. The molecule has 4 rings (SSSR count). The van der Waals surface area contributed by atoms with E-state index >= 15 is 0 Å². The number of ether oxygens (including phenoxy) is 1. The van der Waals surface area contributed by atoms with Crippen LogP contribution in [-0.4, -0.2) is 27.2 Å². The minimum Gasteiger partial charge on any atom is -0.489 e. The number of carbonyl (C=O) groups is 2. The summed E-state index contributed by atoms with van der Waals surface area (Å²) in [5.74, 6) is 2.76. The zero-order valence-electron chi connectivity index (χ0n) is 18.2. The Hall–Kier alpha value is -3.40. The molecule has 0 saturated carbocycles. The van der Waals surface area contributed by atoms with Crippen molar-refractivity contribution in [3.63, 3.8) is 0 Å². The van der Waals surface area contributed by atoms with Crippen LogP contribution in [0.15, 0.2) is 59.5 Å². The fourth-order valence-corrected chi connectivity index (χ4v) is 4.59. The molecule has 2 aromatic carbocycles. The van der Waals surface area contributed by atoms with Crippen molar-refractivity contribution in [2.24, 2.45) is 0 Å². The molecule has 0 radical (unpaired) electrons. The Balaban J connectivity index is 1.52. The van der Waals surface area contributed by atoms with Crippen molar-refractivity contribution in [1.29, 1.82) is 0 Å². The lowest BCUT2D eigenvalue weighted by atomic mass is 10.2. The number of halogens is 1. The predicted octanol–water partition coefficient (Wildman–Crippen LogP) is 6.00. The van der Waals surface area contributed by atoms with Crippen LogP contribution in [0.25, 0.3) is 11.8 Å². The van der Waals surface area contributed by atoms with Gasteiger partial charge in [-0.15, -0.1) is 6.42 Å². The number of imide groups is 1. The summed E-state index contributed by atoms with van der Waals surface area (Å²) in [6.45, 7) is 4.42. The van der Waals surface area contributed by atoms with E-state index in [2.05, 4.69) is 10.5 Å². The summed E-state index contributed by atoms with van der Waals surface area (Å²) in [6.07, 6.45) is 7.02. The van der Waals surface area contributed by atoms with Gasteiger partial charge in [-0.25, -0.2) is 0 Å². The van der Waals surface area contributed by atoms with Crippen molar-refractivity contribution in [3.05, 3.63) is 87.0 Å². The van der Waals surface area contributed by atoms with Crippen LogP contribution in [0.4, 0.5) is 4.79 Å². The Labute approximate surface area is 202 Å². The first-order valence-electron chi connectivity index (χ1n) is 10.2. The molecule has 0 bridgehead atoms. The maximum atomic E-state index is 12.5. The second-order valence-corrected chi connectivity index (χ2v) is 8.97. The molecule has 166 valence electrons. The topological polar surface area (TPSA) is 51.5 Å². The molecular formula is C26H21ClN2O3S. The average molecular weight is 477 g/mol. The van der Waals surface area contributed by atoms with Crippen molar-refractivity contribution >= 4 is 40.6 Å². The molecule has 0 spiro atoms. The van der Waals surface area contributed by atoms with Gasteiger partial charge in [0.05, 0.1) is 11.4 Å². The van der Waals surface area contributed by atoms with Gasteiger partial charge in [0.25, 0.3) is 11.1 Å². The number of amides is 2. The van der Waals surface area contributed by atoms with E-state index < -0.39 is 0 Å². The molecule has 0 unspecified atom stereocenters. The van der Waals surface area contributed by atoms with Gasteiger partial charge in [-0.2, -0.15) is 0 Å². The van der Waals surface area contributed by atoms with E-state index in [1.807, 2.05) is 68.4 Å². The van der Waals surface area contributed by atoms with E-state index in [1.165, 1.54) is 0 Å². The first-order valence-corrected chi connectivity index (χ1v) is 11.4. The summed E-state index contributed by atoms with van der Waals surface area (Å²) in [5.41, 5.74) is 4.87.